The summed E-state index contributed by atoms with van der Waals surface area (Å²) in [7, 11) is 4.24. The van der Waals surface area contributed by atoms with Crippen LogP contribution in [0.3, 0.4) is 0 Å². The molecule has 1 aromatic heterocycles. The highest BCUT2D eigenvalue weighted by atomic mass is 15.3. The van der Waals surface area contributed by atoms with Gasteiger partial charge >= 0.3 is 0 Å². The van der Waals surface area contributed by atoms with Gasteiger partial charge in [-0.3, -0.25) is 4.68 Å². The molecule has 0 bridgehead atoms. The number of rotatable bonds is 8. The number of aromatic nitrogens is 2. The maximum atomic E-state index is 4.29. The van der Waals surface area contributed by atoms with Crippen LogP contribution in [0.1, 0.15) is 27.2 Å². The van der Waals surface area contributed by atoms with Crippen LogP contribution in [0.2, 0.25) is 0 Å². The largest absolute Gasteiger partial charge is 0.309 e. The lowest BCUT2D eigenvalue weighted by atomic mass is 10.0. The van der Waals surface area contributed by atoms with Gasteiger partial charge in [0.15, 0.2) is 0 Å². The monoisotopic (exact) mass is 252 g/mol. The van der Waals surface area contributed by atoms with Crippen molar-refractivity contribution in [2.45, 2.75) is 45.8 Å². The second kappa shape index (κ2) is 7.54. The molecule has 1 aromatic rings. The molecule has 0 aliphatic carbocycles. The van der Waals surface area contributed by atoms with Crippen molar-refractivity contribution in [2.24, 2.45) is 5.92 Å². The van der Waals surface area contributed by atoms with Crippen LogP contribution >= 0.6 is 0 Å². The molecule has 0 spiro atoms. The van der Waals surface area contributed by atoms with Crippen molar-refractivity contribution in [1.29, 1.82) is 0 Å². The summed E-state index contributed by atoms with van der Waals surface area (Å²) in [4.78, 5) is 2.23. The van der Waals surface area contributed by atoms with E-state index in [4.69, 9.17) is 0 Å². The summed E-state index contributed by atoms with van der Waals surface area (Å²) in [6, 6.07) is 2.99. The van der Waals surface area contributed by atoms with Gasteiger partial charge in [0, 0.05) is 24.5 Å². The van der Waals surface area contributed by atoms with Gasteiger partial charge < -0.3 is 10.2 Å². The highest BCUT2D eigenvalue weighted by Gasteiger charge is 2.16. The van der Waals surface area contributed by atoms with Crippen molar-refractivity contribution in [3.05, 3.63) is 18.5 Å². The SMILES string of the molecule is CC(CCN(C)C)NC(Cn1cccn1)C(C)C. The van der Waals surface area contributed by atoms with E-state index in [1.165, 1.54) is 6.42 Å². The first kappa shape index (κ1) is 15.2. The quantitative estimate of drug-likeness (QED) is 0.766. The molecule has 0 saturated heterocycles. The van der Waals surface area contributed by atoms with E-state index in [2.05, 4.69) is 50.2 Å². The number of nitrogens with zero attached hydrogens (tertiary/aromatic N) is 3. The van der Waals surface area contributed by atoms with E-state index in [1.807, 2.05) is 23.1 Å². The second-order valence-corrected chi connectivity index (χ2v) is 5.74. The molecule has 0 aromatic carbocycles. The highest BCUT2D eigenvalue weighted by Crippen LogP contribution is 2.07. The lowest BCUT2D eigenvalue weighted by molar-refractivity contribution is 0.290. The van der Waals surface area contributed by atoms with Gasteiger partial charge in [-0.15, -0.1) is 0 Å². The topological polar surface area (TPSA) is 33.1 Å². The molecule has 0 fully saturated rings. The summed E-state index contributed by atoms with van der Waals surface area (Å²) in [5.74, 6) is 0.607. The Hall–Kier alpha value is -0.870. The van der Waals surface area contributed by atoms with Crippen molar-refractivity contribution in [1.82, 2.24) is 20.0 Å². The van der Waals surface area contributed by atoms with Crippen LogP contribution in [0.4, 0.5) is 0 Å². The van der Waals surface area contributed by atoms with Crippen molar-refractivity contribution in [2.75, 3.05) is 20.6 Å². The third kappa shape index (κ3) is 5.65. The first-order chi connectivity index (χ1) is 8.49. The fourth-order valence-electron chi connectivity index (χ4n) is 1.97. The fraction of sp³-hybridized carbons (Fsp3) is 0.786. The summed E-state index contributed by atoms with van der Waals surface area (Å²) in [5.41, 5.74) is 0. The molecule has 4 heteroatoms. The molecule has 2 unspecified atom stereocenters. The first-order valence-electron chi connectivity index (χ1n) is 6.87. The second-order valence-electron chi connectivity index (χ2n) is 5.74. The molecule has 104 valence electrons. The minimum atomic E-state index is 0.474. The minimum Gasteiger partial charge on any atom is -0.309 e. The van der Waals surface area contributed by atoms with Crippen LogP contribution in [0.15, 0.2) is 18.5 Å². The van der Waals surface area contributed by atoms with Crippen LogP contribution in [-0.4, -0.2) is 47.4 Å². The van der Waals surface area contributed by atoms with Crippen LogP contribution in [0.25, 0.3) is 0 Å². The first-order valence-corrected chi connectivity index (χ1v) is 6.87. The average molecular weight is 252 g/mol. The maximum Gasteiger partial charge on any atom is 0.0565 e. The Balaban J connectivity index is 2.42. The molecular weight excluding hydrogens is 224 g/mol. The van der Waals surface area contributed by atoms with Crippen molar-refractivity contribution in [3.63, 3.8) is 0 Å². The summed E-state index contributed by atoms with van der Waals surface area (Å²) >= 11 is 0. The van der Waals surface area contributed by atoms with Crippen LogP contribution in [0.5, 0.6) is 0 Å². The van der Waals surface area contributed by atoms with Gasteiger partial charge in [-0.25, -0.2) is 0 Å². The molecule has 18 heavy (non-hydrogen) atoms. The molecule has 4 nitrogen and oxygen atoms in total. The third-order valence-corrected chi connectivity index (χ3v) is 3.26. The Morgan fingerprint density at radius 2 is 2.00 bits per heavy atom. The minimum absolute atomic E-state index is 0.474. The van der Waals surface area contributed by atoms with Gasteiger partial charge in [-0.05, 0) is 46.0 Å². The molecule has 0 aliphatic heterocycles. The lowest BCUT2D eigenvalue weighted by Gasteiger charge is -2.27. The number of nitrogens with one attached hydrogen (secondary N) is 1. The standard InChI is InChI=1S/C14H28N4/c1-12(2)14(11-18-9-6-8-15-18)16-13(3)7-10-17(4)5/h6,8-9,12-14,16H,7,10-11H2,1-5H3. The molecule has 1 rings (SSSR count). The zero-order valence-electron chi connectivity index (χ0n) is 12.4. The van der Waals surface area contributed by atoms with Crippen LogP contribution in [0, 0.1) is 5.92 Å². The average Bonchev–Trinajstić information content (AvgIpc) is 2.78. The van der Waals surface area contributed by atoms with Gasteiger partial charge in [-0.2, -0.15) is 5.10 Å². The van der Waals surface area contributed by atoms with Gasteiger partial charge in [0.2, 0.25) is 0 Å². The molecular formula is C14H28N4. The summed E-state index contributed by atoms with van der Waals surface area (Å²) < 4.78 is 2.01. The van der Waals surface area contributed by atoms with E-state index >= 15 is 0 Å². The Bertz CT molecular complexity index is 306. The van der Waals surface area contributed by atoms with Gasteiger partial charge in [0.25, 0.3) is 0 Å². The van der Waals surface area contributed by atoms with Gasteiger partial charge in [0.1, 0.15) is 0 Å². The Kier molecular flexibility index (Phi) is 6.36. The summed E-state index contributed by atoms with van der Waals surface area (Å²) in [6.07, 6.45) is 5.05. The summed E-state index contributed by atoms with van der Waals surface area (Å²) in [6.45, 7) is 8.86. The normalized spacial score (nSPS) is 15.3. The zero-order chi connectivity index (χ0) is 13.5. The number of hydrogen-bond donors (Lipinski definition) is 1. The van der Waals surface area contributed by atoms with E-state index in [0.717, 1.165) is 13.1 Å². The van der Waals surface area contributed by atoms with Crippen molar-refractivity contribution in [3.8, 4) is 0 Å². The predicted octanol–water partition coefficient (Wildman–Crippen LogP) is 1.84. The Morgan fingerprint density at radius 3 is 2.50 bits per heavy atom. The molecule has 1 N–H and O–H groups in total. The van der Waals surface area contributed by atoms with Gasteiger partial charge in [-0.1, -0.05) is 13.8 Å². The molecule has 0 amide bonds. The van der Waals surface area contributed by atoms with Crippen molar-refractivity contribution >= 4 is 0 Å². The highest BCUT2D eigenvalue weighted by molar-refractivity contribution is 4.81. The third-order valence-electron chi connectivity index (χ3n) is 3.26. The molecule has 0 aliphatic rings. The van der Waals surface area contributed by atoms with Crippen molar-refractivity contribution < 1.29 is 0 Å². The maximum absolute atomic E-state index is 4.29. The predicted molar refractivity (Wildman–Crippen MR) is 76.6 cm³/mol. The van der Waals surface area contributed by atoms with Crippen LogP contribution < -0.4 is 5.32 Å². The smallest absolute Gasteiger partial charge is 0.0565 e. The summed E-state index contributed by atoms with van der Waals surface area (Å²) in [5, 5.41) is 8.01. The Morgan fingerprint density at radius 1 is 1.28 bits per heavy atom. The number of hydrogen-bond acceptors (Lipinski definition) is 3. The van der Waals surface area contributed by atoms with E-state index in [0.29, 0.717) is 18.0 Å². The molecule has 0 saturated carbocycles. The van der Waals surface area contributed by atoms with Gasteiger partial charge in [0.05, 0.1) is 6.54 Å². The molecule has 1 heterocycles. The van der Waals surface area contributed by atoms with E-state index in [1.54, 1.807) is 0 Å². The van der Waals surface area contributed by atoms with E-state index in [-0.39, 0.29) is 0 Å². The molecule has 2 atom stereocenters. The van der Waals surface area contributed by atoms with Crippen LogP contribution in [-0.2, 0) is 6.54 Å². The fourth-order valence-corrected chi connectivity index (χ4v) is 1.97. The van der Waals surface area contributed by atoms with E-state index < -0.39 is 0 Å². The zero-order valence-corrected chi connectivity index (χ0v) is 12.4. The lowest BCUT2D eigenvalue weighted by Crippen LogP contribution is -2.43. The van der Waals surface area contributed by atoms with E-state index in [9.17, 15) is 0 Å². The molecule has 0 radical (unpaired) electrons. The Labute approximate surface area is 111 Å².